The number of pyridine rings is 1. The van der Waals surface area contributed by atoms with Crippen LogP contribution in [0.5, 0.6) is 0 Å². The fraction of sp³-hybridized carbons (Fsp3) is 0.400. The summed E-state index contributed by atoms with van der Waals surface area (Å²) in [6.45, 7) is 3.22. The second kappa shape index (κ2) is 3.79. The zero-order valence-corrected chi connectivity index (χ0v) is 9.49. The average Bonchev–Trinajstić information content (AvgIpc) is 2.19. The highest BCUT2D eigenvalue weighted by molar-refractivity contribution is 9.10. The van der Waals surface area contributed by atoms with E-state index in [-0.39, 0.29) is 5.54 Å². The number of hydrogen-bond donors (Lipinski definition) is 0. The first-order valence-corrected chi connectivity index (χ1v) is 5.24. The molecule has 0 bridgehead atoms. The summed E-state index contributed by atoms with van der Waals surface area (Å²) in [5, 5.41) is 0. The van der Waals surface area contributed by atoms with E-state index in [2.05, 4.69) is 25.9 Å². The van der Waals surface area contributed by atoms with Crippen LogP contribution < -0.4 is 0 Å². The van der Waals surface area contributed by atoms with E-state index in [4.69, 9.17) is 4.74 Å². The molecule has 0 aromatic carbocycles. The van der Waals surface area contributed by atoms with Gasteiger partial charge in [-0.3, -0.25) is 4.99 Å². The Bertz CT molecular complexity index is 367. The largest absolute Gasteiger partial charge is 0.373 e. The third kappa shape index (κ3) is 1.86. The molecule has 3 nitrogen and oxygen atoms in total. The Kier molecular flexibility index (Phi) is 2.65. The second-order valence-corrected chi connectivity index (χ2v) is 4.26. The van der Waals surface area contributed by atoms with Crippen LogP contribution in [0.15, 0.2) is 27.8 Å². The van der Waals surface area contributed by atoms with Gasteiger partial charge in [0, 0.05) is 6.21 Å². The molecule has 1 atom stereocenters. The molecule has 2 heterocycles. The Hall–Kier alpha value is -0.740. The molecule has 0 radical (unpaired) electrons. The number of nitrogens with zero attached hydrogens (tertiary/aromatic N) is 2. The molecule has 1 aliphatic heterocycles. The Labute approximate surface area is 91.3 Å². The molecule has 14 heavy (non-hydrogen) atoms. The van der Waals surface area contributed by atoms with E-state index in [0.717, 1.165) is 10.3 Å². The fourth-order valence-corrected chi connectivity index (χ4v) is 1.78. The molecule has 0 fully saturated rings. The van der Waals surface area contributed by atoms with Gasteiger partial charge in [0.25, 0.3) is 0 Å². The van der Waals surface area contributed by atoms with E-state index in [1.54, 1.807) is 6.21 Å². The summed E-state index contributed by atoms with van der Waals surface area (Å²) in [7, 11) is 0. The van der Waals surface area contributed by atoms with Crippen LogP contribution in [-0.2, 0) is 10.3 Å². The van der Waals surface area contributed by atoms with Crippen LogP contribution in [0.4, 0.5) is 0 Å². The monoisotopic (exact) mass is 254 g/mol. The van der Waals surface area contributed by atoms with Crippen molar-refractivity contribution in [2.24, 2.45) is 4.99 Å². The van der Waals surface area contributed by atoms with Crippen LogP contribution in [0.25, 0.3) is 0 Å². The lowest BCUT2D eigenvalue weighted by molar-refractivity contribution is 0.108. The van der Waals surface area contributed by atoms with Crippen molar-refractivity contribution in [3.63, 3.8) is 0 Å². The summed E-state index contributed by atoms with van der Waals surface area (Å²) < 4.78 is 6.21. The Morgan fingerprint density at radius 2 is 2.36 bits per heavy atom. The van der Waals surface area contributed by atoms with E-state index in [0.29, 0.717) is 13.2 Å². The van der Waals surface area contributed by atoms with Crippen LogP contribution in [0.1, 0.15) is 12.6 Å². The number of aliphatic imine (C=N–C) groups is 1. The molecular formula is C10H11BrN2O. The average molecular weight is 255 g/mol. The lowest BCUT2D eigenvalue weighted by Crippen LogP contribution is -2.31. The maximum atomic E-state index is 5.37. The summed E-state index contributed by atoms with van der Waals surface area (Å²) in [6, 6.07) is 5.83. The van der Waals surface area contributed by atoms with Gasteiger partial charge in [-0.1, -0.05) is 6.07 Å². The first-order valence-electron chi connectivity index (χ1n) is 4.45. The lowest BCUT2D eigenvalue weighted by Gasteiger charge is -2.27. The molecule has 1 aromatic rings. The molecule has 1 aromatic heterocycles. The molecule has 0 amide bonds. The van der Waals surface area contributed by atoms with Crippen LogP contribution in [-0.4, -0.2) is 24.4 Å². The predicted molar refractivity (Wildman–Crippen MR) is 58.6 cm³/mol. The van der Waals surface area contributed by atoms with E-state index >= 15 is 0 Å². The standard InChI is InChI=1S/C10H11BrN2O/c1-10(7-14-6-5-12-10)8-3-2-4-9(11)13-8/h2-5H,6-7H2,1H3. The summed E-state index contributed by atoms with van der Waals surface area (Å²) in [5.74, 6) is 0. The zero-order valence-electron chi connectivity index (χ0n) is 7.90. The van der Waals surface area contributed by atoms with Crippen molar-refractivity contribution in [3.05, 3.63) is 28.5 Å². The predicted octanol–water partition coefficient (Wildman–Crippen LogP) is 2.16. The quantitative estimate of drug-likeness (QED) is 0.720. The van der Waals surface area contributed by atoms with Crippen LogP contribution in [0.3, 0.4) is 0 Å². The van der Waals surface area contributed by atoms with Gasteiger partial charge >= 0.3 is 0 Å². The molecule has 2 rings (SSSR count). The van der Waals surface area contributed by atoms with Gasteiger partial charge in [0.15, 0.2) is 0 Å². The van der Waals surface area contributed by atoms with Crippen molar-refractivity contribution in [1.82, 2.24) is 4.98 Å². The number of ether oxygens (including phenoxy) is 1. The lowest BCUT2D eigenvalue weighted by atomic mass is 9.98. The number of hydrogen-bond acceptors (Lipinski definition) is 3. The third-order valence-electron chi connectivity index (χ3n) is 2.22. The third-order valence-corrected chi connectivity index (χ3v) is 2.66. The Morgan fingerprint density at radius 3 is 3.00 bits per heavy atom. The maximum absolute atomic E-state index is 5.37. The highest BCUT2D eigenvalue weighted by Crippen LogP contribution is 2.26. The smallest absolute Gasteiger partial charge is 0.123 e. The van der Waals surface area contributed by atoms with Crippen LogP contribution in [0, 0.1) is 0 Å². The van der Waals surface area contributed by atoms with Crippen molar-refractivity contribution in [2.75, 3.05) is 13.2 Å². The SMILES string of the molecule is CC1(c2cccc(Br)n2)COCC=N1. The number of halogens is 1. The van der Waals surface area contributed by atoms with Crippen molar-refractivity contribution < 1.29 is 4.74 Å². The Balaban J connectivity index is 2.37. The summed E-state index contributed by atoms with van der Waals surface area (Å²) in [4.78, 5) is 8.83. The molecule has 4 heteroatoms. The van der Waals surface area contributed by atoms with E-state index in [9.17, 15) is 0 Å². The van der Waals surface area contributed by atoms with Crippen molar-refractivity contribution in [1.29, 1.82) is 0 Å². The van der Waals surface area contributed by atoms with E-state index in [1.165, 1.54) is 0 Å². The Morgan fingerprint density at radius 1 is 1.50 bits per heavy atom. The summed E-state index contributed by atoms with van der Waals surface area (Å²) in [6.07, 6.45) is 1.80. The van der Waals surface area contributed by atoms with E-state index < -0.39 is 0 Å². The highest BCUT2D eigenvalue weighted by Gasteiger charge is 2.29. The molecule has 1 aliphatic rings. The van der Waals surface area contributed by atoms with Gasteiger partial charge in [-0.15, -0.1) is 0 Å². The van der Waals surface area contributed by atoms with Gasteiger partial charge < -0.3 is 4.74 Å². The van der Waals surface area contributed by atoms with Gasteiger partial charge in [-0.05, 0) is 35.0 Å². The van der Waals surface area contributed by atoms with Gasteiger partial charge in [0.1, 0.15) is 10.1 Å². The second-order valence-electron chi connectivity index (χ2n) is 3.45. The summed E-state index contributed by atoms with van der Waals surface area (Å²) in [5.41, 5.74) is 0.602. The molecule has 74 valence electrons. The van der Waals surface area contributed by atoms with Crippen molar-refractivity contribution in [3.8, 4) is 0 Å². The molecule has 0 saturated heterocycles. The molecule has 0 aliphatic carbocycles. The topological polar surface area (TPSA) is 34.5 Å². The van der Waals surface area contributed by atoms with Gasteiger partial charge in [0.2, 0.25) is 0 Å². The van der Waals surface area contributed by atoms with Crippen molar-refractivity contribution >= 4 is 22.1 Å². The molecule has 0 N–H and O–H groups in total. The first-order chi connectivity index (χ1) is 6.71. The van der Waals surface area contributed by atoms with Crippen molar-refractivity contribution in [2.45, 2.75) is 12.5 Å². The normalized spacial score (nSPS) is 26.4. The van der Waals surface area contributed by atoms with Crippen LogP contribution >= 0.6 is 15.9 Å². The van der Waals surface area contributed by atoms with Gasteiger partial charge in [-0.2, -0.15) is 0 Å². The fourth-order valence-electron chi connectivity index (χ4n) is 1.43. The highest BCUT2D eigenvalue weighted by atomic mass is 79.9. The van der Waals surface area contributed by atoms with Gasteiger partial charge in [-0.25, -0.2) is 4.98 Å². The molecule has 0 spiro atoms. The maximum Gasteiger partial charge on any atom is 0.123 e. The zero-order chi connectivity index (χ0) is 10.0. The molecule has 1 unspecified atom stereocenters. The minimum absolute atomic E-state index is 0.331. The number of aromatic nitrogens is 1. The number of rotatable bonds is 1. The van der Waals surface area contributed by atoms with Gasteiger partial charge in [0.05, 0.1) is 18.9 Å². The van der Waals surface area contributed by atoms with Crippen LogP contribution in [0.2, 0.25) is 0 Å². The molecular weight excluding hydrogens is 244 g/mol. The first kappa shape index (κ1) is 9.80. The van der Waals surface area contributed by atoms with E-state index in [1.807, 2.05) is 25.1 Å². The molecule has 0 saturated carbocycles. The minimum Gasteiger partial charge on any atom is -0.373 e. The minimum atomic E-state index is -0.331. The summed E-state index contributed by atoms with van der Waals surface area (Å²) >= 11 is 3.35.